The summed E-state index contributed by atoms with van der Waals surface area (Å²) in [7, 11) is 0. The third-order valence-electron chi connectivity index (χ3n) is 4.53. The maximum absolute atomic E-state index is 13.4. The summed E-state index contributed by atoms with van der Waals surface area (Å²) in [6, 6.07) is 7.76. The van der Waals surface area contributed by atoms with Crippen molar-refractivity contribution in [1.29, 1.82) is 0 Å². The second-order valence-electron chi connectivity index (χ2n) is 6.65. The Bertz CT molecular complexity index is 837. The zero-order valence-corrected chi connectivity index (χ0v) is 16.0. The maximum atomic E-state index is 13.4. The van der Waals surface area contributed by atoms with Crippen LogP contribution in [-0.2, 0) is 17.8 Å². The molecule has 1 aliphatic rings. The van der Waals surface area contributed by atoms with E-state index in [1.165, 1.54) is 18.2 Å². The number of hydrogen-bond acceptors (Lipinski definition) is 4. The van der Waals surface area contributed by atoms with Crippen LogP contribution in [0.5, 0.6) is 0 Å². The summed E-state index contributed by atoms with van der Waals surface area (Å²) in [5.41, 5.74) is 1.34. The van der Waals surface area contributed by atoms with Crippen molar-refractivity contribution in [3.8, 4) is 0 Å². The number of ether oxygens (including phenoxy) is 1. The smallest absolute Gasteiger partial charge is 0.272 e. The van der Waals surface area contributed by atoms with Gasteiger partial charge >= 0.3 is 0 Å². The Morgan fingerprint density at radius 2 is 2.18 bits per heavy atom. The molecule has 1 aromatic heterocycles. The molecule has 0 spiro atoms. The van der Waals surface area contributed by atoms with Gasteiger partial charge in [0.15, 0.2) is 5.69 Å². The summed E-state index contributed by atoms with van der Waals surface area (Å²) in [5, 5.41) is 7.09. The number of aryl methyl sites for hydroxylation is 1. The molecule has 1 aromatic carbocycles. The lowest BCUT2D eigenvalue weighted by Gasteiger charge is -2.20. The van der Waals surface area contributed by atoms with E-state index in [-0.39, 0.29) is 23.3 Å². The van der Waals surface area contributed by atoms with Crippen LogP contribution in [0.4, 0.5) is 4.39 Å². The Hall–Kier alpha value is -2.74. The Balaban J connectivity index is 1.66. The number of carbonyl (C=O) groups is 2. The van der Waals surface area contributed by atoms with Crippen LogP contribution < -0.4 is 5.32 Å². The molecule has 1 aliphatic heterocycles. The van der Waals surface area contributed by atoms with Gasteiger partial charge in [0.1, 0.15) is 11.5 Å². The monoisotopic (exact) mass is 388 g/mol. The standard InChI is InChI=1S/C20H25FN4O3/c1-2-28-11-4-8-22-19(26)17-13-18-20(27)24(9-5-10-25(18)23-17)14-15-6-3-7-16(21)12-15/h3,6-7,12-13H,2,4-5,8-11,14H2,1H3,(H,22,26). The lowest BCUT2D eigenvalue weighted by molar-refractivity contribution is 0.0745. The summed E-state index contributed by atoms with van der Waals surface area (Å²) in [4.78, 5) is 26.9. The third-order valence-corrected chi connectivity index (χ3v) is 4.53. The van der Waals surface area contributed by atoms with Crippen molar-refractivity contribution in [1.82, 2.24) is 20.0 Å². The predicted octanol–water partition coefficient (Wildman–Crippen LogP) is 2.22. The molecule has 2 heterocycles. The predicted molar refractivity (Wildman–Crippen MR) is 101 cm³/mol. The van der Waals surface area contributed by atoms with E-state index in [0.717, 1.165) is 5.56 Å². The summed E-state index contributed by atoms with van der Waals surface area (Å²) in [6.45, 7) is 5.07. The molecule has 0 fully saturated rings. The first-order chi connectivity index (χ1) is 13.6. The fourth-order valence-electron chi connectivity index (χ4n) is 3.16. The van der Waals surface area contributed by atoms with Crippen LogP contribution in [0, 0.1) is 5.82 Å². The van der Waals surface area contributed by atoms with Crippen LogP contribution in [0.25, 0.3) is 0 Å². The highest BCUT2D eigenvalue weighted by atomic mass is 19.1. The average Bonchev–Trinajstić information content (AvgIpc) is 3.05. The van der Waals surface area contributed by atoms with Crippen molar-refractivity contribution in [3.63, 3.8) is 0 Å². The largest absolute Gasteiger partial charge is 0.382 e. The zero-order chi connectivity index (χ0) is 19.9. The molecule has 150 valence electrons. The highest BCUT2D eigenvalue weighted by Crippen LogP contribution is 2.17. The van der Waals surface area contributed by atoms with Gasteiger partial charge in [-0.15, -0.1) is 0 Å². The fourth-order valence-corrected chi connectivity index (χ4v) is 3.16. The van der Waals surface area contributed by atoms with Crippen LogP contribution in [-0.4, -0.2) is 52.8 Å². The van der Waals surface area contributed by atoms with E-state index in [9.17, 15) is 14.0 Å². The number of nitrogens with zero attached hydrogens (tertiary/aromatic N) is 3. The van der Waals surface area contributed by atoms with Gasteiger partial charge in [-0.25, -0.2) is 4.39 Å². The van der Waals surface area contributed by atoms with Crippen LogP contribution in [0.2, 0.25) is 0 Å². The Morgan fingerprint density at radius 3 is 2.96 bits per heavy atom. The molecular formula is C20H25FN4O3. The number of aromatic nitrogens is 2. The number of halogens is 1. The van der Waals surface area contributed by atoms with E-state index in [1.807, 2.05) is 6.92 Å². The van der Waals surface area contributed by atoms with Crippen molar-refractivity contribution in [3.05, 3.63) is 53.1 Å². The maximum Gasteiger partial charge on any atom is 0.272 e. The molecule has 2 aromatic rings. The van der Waals surface area contributed by atoms with Crippen LogP contribution in [0.15, 0.2) is 30.3 Å². The number of carbonyl (C=O) groups excluding carboxylic acids is 2. The molecule has 7 nitrogen and oxygen atoms in total. The Kier molecular flexibility index (Phi) is 6.76. The highest BCUT2D eigenvalue weighted by Gasteiger charge is 2.26. The van der Waals surface area contributed by atoms with E-state index in [2.05, 4.69) is 10.4 Å². The molecule has 28 heavy (non-hydrogen) atoms. The zero-order valence-electron chi connectivity index (χ0n) is 16.0. The van der Waals surface area contributed by atoms with Crippen molar-refractivity contribution >= 4 is 11.8 Å². The topological polar surface area (TPSA) is 76.5 Å². The van der Waals surface area contributed by atoms with Crippen molar-refractivity contribution in [2.45, 2.75) is 32.9 Å². The SMILES string of the molecule is CCOCCCNC(=O)c1cc2n(n1)CCCN(Cc1cccc(F)c1)C2=O. The molecule has 0 saturated carbocycles. The molecule has 0 aliphatic carbocycles. The summed E-state index contributed by atoms with van der Waals surface area (Å²) < 4.78 is 20.3. The molecule has 0 atom stereocenters. The van der Waals surface area contributed by atoms with Crippen LogP contribution in [0.3, 0.4) is 0 Å². The van der Waals surface area contributed by atoms with Gasteiger partial charge in [0.05, 0.1) is 0 Å². The normalized spacial score (nSPS) is 13.9. The van der Waals surface area contributed by atoms with Gasteiger partial charge in [-0.05, 0) is 37.5 Å². The van der Waals surface area contributed by atoms with Crippen LogP contribution >= 0.6 is 0 Å². The molecule has 3 rings (SSSR count). The minimum atomic E-state index is -0.326. The van der Waals surface area contributed by atoms with E-state index in [4.69, 9.17) is 4.74 Å². The number of benzene rings is 1. The molecule has 1 N–H and O–H groups in total. The van der Waals surface area contributed by atoms with Crippen molar-refractivity contribution in [2.75, 3.05) is 26.3 Å². The van der Waals surface area contributed by atoms with Gasteiger partial charge in [-0.2, -0.15) is 5.10 Å². The van der Waals surface area contributed by atoms with E-state index < -0.39 is 0 Å². The van der Waals surface area contributed by atoms with Gasteiger partial charge in [0, 0.05) is 45.5 Å². The molecule has 2 amide bonds. The van der Waals surface area contributed by atoms with Crippen LogP contribution in [0.1, 0.15) is 46.3 Å². The van der Waals surface area contributed by atoms with Crippen molar-refractivity contribution < 1.29 is 18.7 Å². The van der Waals surface area contributed by atoms with Gasteiger partial charge in [-0.3, -0.25) is 14.3 Å². The lowest BCUT2D eigenvalue weighted by Crippen LogP contribution is -2.30. The lowest BCUT2D eigenvalue weighted by atomic mass is 10.2. The molecule has 0 saturated heterocycles. The number of rotatable bonds is 8. The van der Waals surface area contributed by atoms with E-state index in [0.29, 0.717) is 57.9 Å². The summed E-state index contributed by atoms with van der Waals surface area (Å²) in [5.74, 6) is -0.834. The number of nitrogens with one attached hydrogen (secondary N) is 1. The molecule has 0 unspecified atom stereocenters. The Labute approximate surface area is 163 Å². The van der Waals surface area contributed by atoms with Gasteiger partial charge in [0.2, 0.25) is 0 Å². The van der Waals surface area contributed by atoms with Gasteiger partial charge in [-0.1, -0.05) is 12.1 Å². The molecule has 8 heteroatoms. The average molecular weight is 388 g/mol. The van der Waals surface area contributed by atoms with Gasteiger partial charge < -0.3 is 15.0 Å². The summed E-state index contributed by atoms with van der Waals surface area (Å²) >= 11 is 0. The van der Waals surface area contributed by atoms with E-state index >= 15 is 0 Å². The quantitative estimate of drug-likeness (QED) is 0.704. The third kappa shape index (κ3) is 4.95. The first-order valence-corrected chi connectivity index (χ1v) is 9.56. The second-order valence-corrected chi connectivity index (χ2v) is 6.65. The fraction of sp³-hybridized carbons (Fsp3) is 0.450. The van der Waals surface area contributed by atoms with Gasteiger partial charge in [0.25, 0.3) is 11.8 Å². The molecular weight excluding hydrogens is 363 g/mol. The number of fused-ring (bicyclic) bond motifs is 1. The number of amides is 2. The van der Waals surface area contributed by atoms with E-state index in [1.54, 1.807) is 21.7 Å². The minimum Gasteiger partial charge on any atom is -0.382 e. The number of hydrogen-bond donors (Lipinski definition) is 1. The molecule has 0 bridgehead atoms. The minimum absolute atomic E-state index is 0.204. The second kappa shape index (κ2) is 9.45. The molecule has 0 radical (unpaired) electrons. The summed E-state index contributed by atoms with van der Waals surface area (Å²) in [6.07, 6.45) is 1.43. The van der Waals surface area contributed by atoms with Crippen molar-refractivity contribution in [2.24, 2.45) is 0 Å². The first kappa shape index (κ1) is 20.0. The highest BCUT2D eigenvalue weighted by molar-refractivity contribution is 5.98. The Morgan fingerprint density at radius 1 is 1.32 bits per heavy atom. The first-order valence-electron chi connectivity index (χ1n) is 9.56.